The third kappa shape index (κ3) is 2.35. The predicted molar refractivity (Wildman–Crippen MR) is 113 cm³/mol. The Morgan fingerprint density at radius 1 is 1.17 bits per heavy atom. The van der Waals surface area contributed by atoms with Crippen molar-refractivity contribution >= 4 is 42.2 Å². The zero-order valence-corrected chi connectivity index (χ0v) is 17.4. The van der Waals surface area contributed by atoms with E-state index in [4.69, 9.17) is 0 Å². The monoisotopic (exact) mass is 426 g/mol. The highest BCUT2D eigenvalue weighted by atomic mass is 32.2. The molecule has 7 heteroatoms. The minimum atomic E-state index is -3.83. The van der Waals surface area contributed by atoms with Crippen molar-refractivity contribution < 1.29 is 12.8 Å². The first kappa shape index (κ1) is 17.6. The lowest BCUT2D eigenvalue weighted by Crippen LogP contribution is -2.32. The first-order valence-electron chi connectivity index (χ1n) is 9.73. The number of halogens is 1. The summed E-state index contributed by atoms with van der Waals surface area (Å²) in [6, 6.07) is 10.9. The van der Waals surface area contributed by atoms with E-state index in [-0.39, 0.29) is 15.8 Å². The van der Waals surface area contributed by atoms with Gasteiger partial charge in [-0.3, -0.25) is 0 Å². The van der Waals surface area contributed by atoms with E-state index in [0.29, 0.717) is 16.9 Å². The lowest BCUT2D eigenvalue weighted by molar-refractivity contribution is 0.503. The van der Waals surface area contributed by atoms with Gasteiger partial charge >= 0.3 is 0 Å². The van der Waals surface area contributed by atoms with Crippen molar-refractivity contribution in [2.24, 2.45) is 7.05 Å². The number of rotatable bonds is 2. The number of fused-ring (bicyclic) bond motifs is 7. The van der Waals surface area contributed by atoms with E-state index < -0.39 is 15.7 Å². The van der Waals surface area contributed by atoms with Crippen molar-refractivity contribution in [2.75, 3.05) is 0 Å². The van der Waals surface area contributed by atoms with Crippen LogP contribution in [0.3, 0.4) is 0 Å². The van der Waals surface area contributed by atoms with Gasteiger partial charge in [0, 0.05) is 52.1 Å². The van der Waals surface area contributed by atoms with Crippen LogP contribution in [0, 0.1) is 5.82 Å². The van der Waals surface area contributed by atoms with Gasteiger partial charge in [0.25, 0.3) is 0 Å². The minimum Gasteiger partial charge on any atom is -0.345 e. The third-order valence-electron chi connectivity index (χ3n) is 6.45. The fourth-order valence-electron chi connectivity index (χ4n) is 5.11. The maximum absolute atomic E-state index is 15.2. The summed E-state index contributed by atoms with van der Waals surface area (Å²) in [4.78, 5) is 0.278. The van der Waals surface area contributed by atoms with E-state index >= 15 is 4.39 Å². The van der Waals surface area contributed by atoms with Crippen LogP contribution >= 0.6 is 11.3 Å². The lowest BCUT2D eigenvalue weighted by atomic mass is 9.99. The molecule has 0 spiro atoms. The molecular weight excluding hydrogens is 407 g/mol. The molecule has 2 bridgehead atoms. The Kier molecular flexibility index (Phi) is 3.59. The van der Waals surface area contributed by atoms with Crippen LogP contribution in [0.15, 0.2) is 51.6 Å². The first-order valence-corrected chi connectivity index (χ1v) is 12.1. The summed E-state index contributed by atoms with van der Waals surface area (Å²) in [5.41, 5.74) is 2.70. The van der Waals surface area contributed by atoms with E-state index in [1.54, 1.807) is 17.5 Å². The second-order valence-electron chi connectivity index (χ2n) is 8.02. The quantitative estimate of drug-likeness (QED) is 0.505. The van der Waals surface area contributed by atoms with Gasteiger partial charge in [-0.15, -0.1) is 11.3 Å². The zero-order chi connectivity index (χ0) is 19.9. The van der Waals surface area contributed by atoms with Crippen LogP contribution in [0.25, 0.3) is 21.0 Å². The van der Waals surface area contributed by atoms with Gasteiger partial charge in [-0.1, -0.05) is 18.2 Å². The molecule has 2 atom stereocenters. The minimum absolute atomic E-state index is 0.0274. The van der Waals surface area contributed by atoms with Crippen molar-refractivity contribution in [1.82, 2.24) is 9.88 Å². The van der Waals surface area contributed by atoms with E-state index in [1.807, 2.05) is 29.8 Å². The molecule has 4 nitrogen and oxygen atoms in total. The SMILES string of the molecule is Cn1c2c(c3cc(S(=O)(=O)c4csc5ccccc45)cc(F)c31)C1CCC(C2)N1. The van der Waals surface area contributed by atoms with Crippen molar-refractivity contribution in [3.63, 3.8) is 0 Å². The molecule has 2 aromatic carbocycles. The molecule has 2 aliphatic heterocycles. The molecule has 2 aliphatic rings. The van der Waals surface area contributed by atoms with Crippen molar-refractivity contribution in [3.8, 4) is 0 Å². The van der Waals surface area contributed by atoms with Gasteiger partial charge in [-0.05, 0) is 36.6 Å². The average Bonchev–Trinajstić information content (AvgIpc) is 3.38. The highest BCUT2D eigenvalue weighted by molar-refractivity contribution is 7.92. The summed E-state index contributed by atoms with van der Waals surface area (Å²) in [5.74, 6) is -0.478. The van der Waals surface area contributed by atoms with Crippen LogP contribution in [0.1, 0.15) is 30.1 Å². The van der Waals surface area contributed by atoms with Crippen LogP contribution < -0.4 is 5.32 Å². The zero-order valence-electron chi connectivity index (χ0n) is 15.8. The molecule has 1 saturated heterocycles. The van der Waals surface area contributed by atoms with Crippen molar-refractivity contribution in [3.05, 3.63) is 58.9 Å². The van der Waals surface area contributed by atoms with E-state index in [0.717, 1.165) is 40.6 Å². The Morgan fingerprint density at radius 3 is 2.86 bits per heavy atom. The number of sulfone groups is 1. The van der Waals surface area contributed by atoms with Gasteiger partial charge in [0.05, 0.1) is 15.3 Å². The van der Waals surface area contributed by atoms with Crippen LogP contribution in [0.2, 0.25) is 0 Å². The molecule has 0 saturated carbocycles. The molecule has 6 rings (SSSR count). The Morgan fingerprint density at radius 2 is 2.00 bits per heavy atom. The number of benzene rings is 2. The fourth-order valence-corrected chi connectivity index (χ4v) is 7.90. The maximum Gasteiger partial charge on any atom is 0.208 e. The number of nitrogens with zero attached hydrogens (tertiary/aromatic N) is 1. The van der Waals surface area contributed by atoms with Gasteiger partial charge < -0.3 is 9.88 Å². The average molecular weight is 427 g/mol. The summed E-state index contributed by atoms with van der Waals surface area (Å²) in [5, 5.41) is 6.67. The Bertz CT molecular complexity index is 1420. The number of hydrogen-bond acceptors (Lipinski definition) is 4. The standard InChI is InChI=1S/C22H19FN2O2S2/c1-25-18-8-12-6-7-17(24-12)21(18)15-9-13(10-16(23)22(15)25)29(26,27)20-11-28-19-5-3-2-4-14(19)20/h2-5,9-12,17,24H,6-8H2,1H3. The Balaban J connectivity index is 1.61. The molecule has 4 aromatic rings. The van der Waals surface area contributed by atoms with Crippen LogP contribution in [0.5, 0.6) is 0 Å². The van der Waals surface area contributed by atoms with E-state index in [9.17, 15) is 8.42 Å². The molecule has 4 heterocycles. The largest absolute Gasteiger partial charge is 0.345 e. The highest BCUT2D eigenvalue weighted by Gasteiger charge is 2.37. The van der Waals surface area contributed by atoms with Gasteiger partial charge in [-0.2, -0.15) is 0 Å². The highest BCUT2D eigenvalue weighted by Crippen LogP contribution is 2.43. The van der Waals surface area contributed by atoms with Gasteiger partial charge in [0.15, 0.2) is 0 Å². The molecule has 2 aromatic heterocycles. The molecule has 0 amide bonds. The second kappa shape index (κ2) is 5.90. The van der Waals surface area contributed by atoms with Gasteiger partial charge in [0.2, 0.25) is 9.84 Å². The summed E-state index contributed by atoms with van der Waals surface area (Å²) in [6.07, 6.45) is 2.96. The number of aromatic nitrogens is 1. The van der Waals surface area contributed by atoms with Crippen LogP contribution in [-0.4, -0.2) is 19.0 Å². The molecule has 29 heavy (non-hydrogen) atoms. The second-order valence-corrected chi connectivity index (χ2v) is 10.8. The molecular formula is C22H19FN2O2S2. The summed E-state index contributed by atoms with van der Waals surface area (Å²) >= 11 is 1.39. The smallest absolute Gasteiger partial charge is 0.208 e. The maximum atomic E-state index is 15.2. The predicted octanol–water partition coefficient (Wildman–Crippen LogP) is 4.71. The fraction of sp³-hybridized carbons (Fsp3) is 0.273. The van der Waals surface area contributed by atoms with Crippen LogP contribution in [-0.2, 0) is 23.3 Å². The molecule has 0 aliphatic carbocycles. The van der Waals surface area contributed by atoms with E-state index in [1.165, 1.54) is 17.4 Å². The number of hydrogen-bond donors (Lipinski definition) is 1. The molecule has 148 valence electrons. The van der Waals surface area contributed by atoms with Crippen LogP contribution in [0.4, 0.5) is 4.39 Å². The normalized spacial score (nSPS) is 21.2. The summed E-state index contributed by atoms with van der Waals surface area (Å²) < 4.78 is 45.0. The molecule has 1 fully saturated rings. The Labute approximate surface area is 171 Å². The van der Waals surface area contributed by atoms with Gasteiger partial charge in [-0.25, -0.2) is 12.8 Å². The Hall–Kier alpha value is -2.22. The third-order valence-corrected chi connectivity index (χ3v) is 9.34. The number of nitrogens with one attached hydrogen (secondary N) is 1. The summed E-state index contributed by atoms with van der Waals surface area (Å²) in [7, 11) is -1.94. The van der Waals surface area contributed by atoms with Crippen molar-refractivity contribution in [2.45, 2.75) is 41.1 Å². The number of thiophene rings is 1. The summed E-state index contributed by atoms with van der Waals surface area (Å²) in [6.45, 7) is 0. The van der Waals surface area contributed by atoms with Crippen molar-refractivity contribution in [1.29, 1.82) is 0 Å². The van der Waals surface area contributed by atoms with E-state index in [2.05, 4.69) is 5.32 Å². The molecule has 1 N–H and O–H groups in total. The molecule has 2 unspecified atom stereocenters. The molecule has 0 radical (unpaired) electrons. The first-order chi connectivity index (χ1) is 13.9. The lowest BCUT2D eigenvalue weighted by Gasteiger charge is -2.23. The van der Waals surface area contributed by atoms with Gasteiger partial charge in [0.1, 0.15) is 5.82 Å². The number of aryl methyl sites for hydroxylation is 1. The topological polar surface area (TPSA) is 51.1 Å².